The van der Waals surface area contributed by atoms with Gasteiger partial charge in [-0.25, -0.2) is 4.39 Å². The number of halogens is 2. The topological polar surface area (TPSA) is 44.9 Å². The highest BCUT2D eigenvalue weighted by Crippen LogP contribution is 2.28. The molecule has 0 atom stereocenters. The normalized spacial score (nSPS) is 10.8. The lowest BCUT2D eigenvalue weighted by Crippen LogP contribution is -2.13. The number of carbonyl (C=O) groups is 1. The first-order valence-corrected chi connectivity index (χ1v) is 6.78. The molecule has 0 radical (unpaired) electrons. The molecular weight excluding hydrogens is 291 g/mol. The maximum Gasteiger partial charge on any atom is 0.273 e. The van der Waals surface area contributed by atoms with Crippen molar-refractivity contribution in [3.63, 3.8) is 0 Å². The van der Waals surface area contributed by atoms with Gasteiger partial charge in [-0.1, -0.05) is 29.8 Å². The number of para-hydroxylation sites is 1. The molecule has 2 N–H and O–H groups in total. The van der Waals surface area contributed by atoms with E-state index in [1.54, 1.807) is 6.92 Å². The predicted octanol–water partition coefficient (Wildman–Crippen LogP) is 4.52. The van der Waals surface area contributed by atoms with Crippen LogP contribution in [0.15, 0.2) is 42.5 Å². The van der Waals surface area contributed by atoms with Gasteiger partial charge in [0.15, 0.2) is 0 Å². The standard InChI is InChI=1S/C16H12ClFN2O/c1-9-8-10(18)6-7-12(9)20-16(21)15-14(17)11-4-2-3-5-13(11)19-15/h2-8,19H,1H3,(H,20,21). The van der Waals surface area contributed by atoms with Crippen molar-refractivity contribution in [3.05, 3.63) is 64.6 Å². The minimum atomic E-state index is -0.356. The third-order valence-corrected chi connectivity index (χ3v) is 3.70. The SMILES string of the molecule is Cc1cc(F)ccc1NC(=O)c1[nH]c2ccccc2c1Cl. The van der Waals surface area contributed by atoms with Gasteiger partial charge >= 0.3 is 0 Å². The summed E-state index contributed by atoms with van der Waals surface area (Å²) in [5.74, 6) is -0.694. The van der Waals surface area contributed by atoms with Gasteiger partial charge in [0.2, 0.25) is 0 Å². The zero-order chi connectivity index (χ0) is 15.0. The van der Waals surface area contributed by atoms with E-state index in [0.29, 0.717) is 22.0 Å². The van der Waals surface area contributed by atoms with Crippen molar-refractivity contribution in [2.24, 2.45) is 0 Å². The average molecular weight is 303 g/mol. The number of hydrogen-bond acceptors (Lipinski definition) is 1. The summed E-state index contributed by atoms with van der Waals surface area (Å²) in [4.78, 5) is 15.3. The number of anilines is 1. The Bertz CT molecular complexity index is 841. The van der Waals surface area contributed by atoms with Gasteiger partial charge in [0.1, 0.15) is 11.5 Å². The van der Waals surface area contributed by atoms with Gasteiger partial charge < -0.3 is 10.3 Å². The summed E-state index contributed by atoms with van der Waals surface area (Å²) < 4.78 is 13.1. The molecule has 0 spiro atoms. The highest BCUT2D eigenvalue weighted by atomic mass is 35.5. The Morgan fingerprint density at radius 1 is 1.24 bits per heavy atom. The number of benzene rings is 2. The zero-order valence-electron chi connectivity index (χ0n) is 11.2. The van der Waals surface area contributed by atoms with Crippen molar-refractivity contribution < 1.29 is 9.18 Å². The van der Waals surface area contributed by atoms with Gasteiger partial charge in [-0.3, -0.25) is 4.79 Å². The number of H-pyrrole nitrogens is 1. The van der Waals surface area contributed by atoms with E-state index in [1.807, 2.05) is 24.3 Å². The maximum absolute atomic E-state index is 13.1. The van der Waals surface area contributed by atoms with Gasteiger partial charge in [-0.15, -0.1) is 0 Å². The second kappa shape index (κ2) is 5.22. The van der Waals surface area contributed by atoms with Crippen LogP contribution in [0.2, 0.25) is 5.02 Å². The number of aryl methyl sites for hydroxylation is 1. The summed E-state index contributed by atoms with van der Waals surface area (Å²) >= 11 is 6.23. The van der Waals surface area contributed by atoms with E-state index < -0.39 is 0 Å². The molecule has 0 bridgehead atoms. The first kappa shape index (κ1) is 13.6. The van der Waals surface area contributed by atoms with Gasteiger partial charge in [-0.05, 0) is 36.8 Å². The number of aromatic nitrogens is 1. The second-order valence-corrected chi connectivity index (χ2v) is 5.15. The summed E-state index contributed by atoms with van der Waals surface area (Å²) in [6.07, 6.45) is 0. The molecule has 3 aromatic rings. The Morgan fingerprint density at radius 3 is 2.71 bits per heavy atom. The third-order valence-electron chi connectivity index (χ3n) is 3.31. The van der Waals surface area contributed by atoms with Crippen molar-refractivity contribution in [1.29, 1.82) is 0 Å². The molecule has 2 aromatic carbocycles. The van der Waals surface area contributed by atoms with Crippen molar-refractivity contribution in [2.45, 2.75) is 6.92 Å². The molecule has 3 nitrogen and oxygen atoms in total. The van der Waals surface area contributed by atoms with Crippen LogP contribution < -0.4 is 5.32 Å². The molecule has 1 aromatic heterocycles. The molecule has 1 amide bonds. The first-order chi connectivity index (χ1) is 10.1. The van der Waals surface area contributed by atoms with Crippen LogP contribution in [-0.4, -0.2) is 10.9 Å². The molecule has 0 saturated heterocycles. The summed E-state index contributed by atoms with van der Waals surface area (Å²) in [5, 5.41) is 3.90. The van der Waals surface area contributed by atoms with Crippen LogP contribution in [0, 0.1) is 12.7 Å². The van der Waals surface area contributed by atoms with Crippen LogP contribution in [0.3, 0.4) is 0 Å². The van der Waals surface area contributed by atoms with Crippen LogP contribution in [0.25, 0.3) is 10.9 Å². The molecule has 21 heavy (non-hydrogen) atoms. The minimum absolute atomic E-state index is 0.293. The molecule has 0 fully saturated rings. The number of nitrogens with one attached hydrogen (secondary N) is 2. The molecule has 0 aliphatic carbocycles. The molecule has 1 heterocycles. The number of fused-ring (bicyclic) bond motifs is 1. The lowest BCUT2D eigenvalue weighted by Gasteiger charge is -2.07. The smallest absolute Gasteiger partial charge is 0.273 e. The van der Waals surface area contributed by atoms with E-state index in [-0.39, 0.29) is 11.7 Å². The van der Waals surface area contributed by atoms with E-state index >= 15 is 0 Å². The van der Waals surface area contributed by atoms with E-state index in [0.717, 1.165) is 10.9 Å². The third kappa shape index (κ3) is 2.50. The highest BCUT2D eigenvalue weighted by Gasteiger charge is 2.16. The van der Waals surface area contributed by atoms with Crippen molar-refractivity contribution in [2.75, 3.05) is 5.32 Å². The summed E-state index contributed by atoms with van der Waals surface area (Å²) in [7, 11) is 0. The summed E-state index contributed by atoms with van der Waals surface area (Å²) in [5.41, 5.74) is 2.29. The Kier molecular flexibility index (Phi) is 3.39. The average Bonchev–Trinajstić information content (AvgIpc) is 2.80. The van der Waals surface area contributed by atoms with Crippen LogP contribution in [-0.2, 0) is 0 Å². The van der Waals surface area contributed by atoms with Crippen LogP contribution in [0.4, 0.5) is 10.1 Å². The first-order valence-electron chi connectivity index (χ1n) is 6.40. The largest absolute Gasteiger partial charge is 0.349 e. The molecule has 106 valence electrons. The maximum atomic E-state index is 13.1. The van der Waals surface area contributed by atoms with Crippen molar-refractivity contribution in [3.8, 4) is 0 Å². The number of carbonyl (C=O) groups excluding carboxylic acids is 1. The summed E-state index contributed by atoms with van der Waals surface area (Å²) in [6.45, 7) is 1.73. The number of aromatic amines is 1. The predicted molar refractivity (Wildman–Crippen MR) is 82.4 cm³/mol. The van der Waals surface area contributed by atoms with Gasteiger partial charge in [0.25, 0.3) is 5.91 Å². The molecule has 3 rings (SSSR count). The van der Waals surface area contributed by atoms with Crippen LogP contribution in [0.5, 0.6) is 0 Å². The minimum Gasteiger partial charge on any atom is -0.349 e. The summed E-state index contributed by atoms with van der Waals surface area (Å²) in [6, 6.07) is 11.6. The molecule has 0 aliphatic heterocycles. The van der Waals surface area contributed by atoms with Gasteiger partial charge in [-0.2, -0.15) is 0 Å². The van der Waals surface area contributed by atoms with E-state index in [2.05, 4.69) is 10.3 Å². The molecule has 0 saturated carbocycles. The van der Waals surface area contributed by atoms with E-state index in [4.69, 9.17) is 11.6 Å². The van der Waals surface area contributed by atoms with Crippen molar-refractivity contribution >= 4 is 34.1 Å². The van der Waals surface area contributed by atoms with Crippen LogP contribution >= 0.6 is 11.6 Å². The quantitative estimate of drug-likeness (QED) is 0.718. The highest BCUT2D eigenvalue weighted by molar-refractivity contribution is 6.39. The molecular formula is C16H12ClFN2O. The fourth-order valence-corrected chi connectivity index (χ4v) is 2.51. The van der Waals surface area contributed by atoms with E-state index in [1.165, 1.54) is 18.2 Å². The second-order valence-electron chi connectivity index (χ2n) is 4.77. The van der Waals surface area contributed by atoms with Crippen LogP contribution in [0.1, 0.15) is 16.1 Å². The Hall–Kier alpha value is -2.33. The molecule has 5 heteroatoms. The van der Waals surface area contributed by atoms with E-state index in [9.17, 15) is 9.18 Å². The fraction of sp³-hybridized carbons (Fsp3) is 0.0625. The zero-order valence-corrected chi connectivity index (χ0v) is 12.0. The lowest BCUT2D eigenvalue weighted by molar-refractivity contribution is 0.102. The Balaban J connectivity index is 1.95. The number of amides is 1. The fourth-order valence-electron chi connectivity index (χ4n) is 2.22. The van der Waals surface area contributed by atoms with Crippen molar-refractivity contribution in [1.82, 2.24) is 4.98 Å². The Labute approximate surface area is 125 Å². The molecule has 0 aliphatic rings. The monoisotopic (exact) mass is 302 g/mol. The lowest BCUT2D eigenvalue weighted by atomic mass is 10.2. The number of hydrogen-bond donors (Lipinski definition) is 2. The number of rotatable bonds is 2. The van der Waals surface area contributed by atoms with Gasteiger partial charge in [0, 0.05) is 16.6 Å². The van der Waals surface area contributed by atoms with Gasteiger partial charge in [0.05, 0.1) is 5.02 Å². The molecule has 0 unspecified atom stereocenters. The Morgan fingerprint density at radius 2 is 2.00 bits per heavy atom.